The van der Waals surface area contributed by atoms with Gasteiger partial charge in [0, 0.05) is 31.5 Å². The lowest BCUT2D eigenvalue weighted by atomic mass is 9.95. The van der Waals surface area contributed by atoms with Gasteiger partial charge in [0.1, 0.15) is 17.0 Å². The topological polar surface area (TPSA) is 104 Å². The molecule has 1 saturated heterocycles. The Labute approximate surface area is 154 Å². The Balaban J connectivity index is 1.83. The summed E-state index contributed by atoms with van der Waals surface area (Å²) >= 11 is 0. The summed E-state index contributed by atoms with van der Waals surface area (Å²) in [5, 5.41) is 3.03. The highest BCUT2D eigenvalue weighted by molar-refractivity contribution is 7.88. The first-order chi connectivity index (χ1) is 12.6. The Kier molecular flexibility index (Phi) is 5.12. The fourth-order valence-electron chi connectivity index (χ4n) is 3.03. The van der Waals surface area contributed by atoms with Crippen molar-refractivity contribution >= 4 is 16.0 Å². The molecule has 27 heavy (non-hydrogen) atoms. The fourth-order valence-corrected chi connectivity index (χ4v) is 3.98. The smallest absolute Gasteiger partial charge is 0.351 e. The van der Waals surface area contributed by atoms with Crippen LogP contribution in [-0.4, -0.2) is 58.0 Å². The molecule has 1 aliphatic heterocycles. The van der Waals surface area contributed by atoms with Gasteiger partial charge in [-0.15, -0.1) is 0 Å². The molecule has 0 bridgehead atoms. The van der Waals surface area contributed by atoms with Gasteiger partial charge in [-0.3, -0.25) is 0 Å². The largest absolute Gasteiger partial charge is 0.420 e. The lowest BCUT2D eigenvalue weighted by Crippen LogP contribution is -2.47. The van der Waals surface area contributed by atoms with Crippen molar-refractivity contribution in [1.29, 1.82) is 0 Å². The number of hydrogen-bond acceptors (Lipinski definition) is 6. The number of piperidine rings is 1. The average molecular weight is 404 g/mol. The van der Waals surface area contributed by atoms with E-state index in [-0.39, 0.29) is 29.3 Å². The number of halogens is 3. The molecule has 0 spiro atoms. The number of imidazole rings is 1. The molecular formula is C15H19F3N6O2S. The highest BCUT2D eigenvalue weighted by atomic mass is 32.2. The minimum absolute atomic E-state index is 0.0469. The molecule has 1 fully saturated rings. The Hall–Kier alpha value is -2.21. The summed E-state index contributed by atoms with van der Waals surface area (Å²) in [7, 11) is -3.28. The zero-order valence-corrected chi connectivity index (χ0v) is 15.5. The number of hydrogen-bond donors (Lipinski definition) is 2. The minimum atomic E-state index is -4.61. The Morgan fingerprint density at radius 3 is 2.63 bits per heavy atom. The molecule has 8 nitrogen and oxygen atoms in total. The number of rotatable bonds is 4. The number of aromatic amines is 1. The monoisotopic (exact) mass is 404 g/mol. The summed E-state index contributed by atoms with van der Waals surface area (Å²) in [6.07, 6.45) is 0.373. The molecule has 3 rings (SSSR count). The van der Waals surface area contributed by atoms with Gasteiger partial charge in [0.15, 0.2) is 0 Å². The van der Waals surface area contributed by atoms with Crippen LogP contribution >= 0.6 is 0 Å². The van der Waals surface area contributed by atoms with E-state index in [2.05, 4.69) is 25.3 Å². The third-order valence-electron chi connectivity index (χ3n) is 4.49. The van der Waals surface area contributed by atoms with E-state index in [1.165, 1.54) is 16.8 Å². The predicted octanol–water partition coefficient (Wildman–Crippen LogP) is 1.97. The fraction of sp³-hybridized carbons (Fsp3) is 0.533. The van der Waals surface area contributed by atoms with Crippen LogP contribution in [0, 0.1) is 5.92 Å². The molecule has 148 valence electrons. The van der Waals surface area contributed by atoms with Crippen LogP contribution < -0.4 is 5.32 Å². The van der Waals surface area contributed by atoms with E-state index in [4.69, 9.17) is 0 Å². The predicted molar refractivity (Wildman–Crippen MR) is 92.2 cm³/mol. The zero-order chi connectivity index (χ0) is 19.8. The first-order valence-electron chi connectivity index (χ1n) is 8.20. The van der Waals surface area contributed by atoms with Crippen LogP contribution in [0.5, 0.6) is 0 Å². The van der Waals surface area contributed by atoms with E-state index in [0.29, 0.717) is 19.5 Å². The van der Waals surface area contributed by atoms with Crippen molar-refractivity contribution in [2.45, 2.75) is 25.6 Å². The molecular weight excluding hydrogens is 385 g/mol. The third-order valence-corrected chi connectivity index (χ3v) is 5.76. The highest BCUT2D eigenvalue weighted by Crippen LogP contribution is 2.35. The van der Waals surface area contributed by atoms with Crippen LogP contribution in [0.4, 0.5) is 19.1 Å². The molecule has 3 heterocycles. The normalized spacial score (nSPS) is 22.0. The van der Waals surface area contributed by atoms with Crippen LogP contribution in [0.2, 0.25) is 0 Å². The molecule has 2 atom stereocenters. The summed E-state index contributed by atoms with van der Waals surface area (Å²) in [5.41, 5.74) is -1.23. The van der Waals surface area contributed by atoms with Gasteiger partial charge < -0.3 is 10.3 Å². The second kappa shape index (κ2) is 7.08. The van der Waals surface area contributed by atoms with Crippen molar-refractivity contribution < 1.29 is 21.6 Å². The molecule has 0 radical (unpaired) electrons. The van der Waals surface area contributed by atoms with Crippen LogP contribution in [0.15, 0.2) is 18.7 Å². The second-order valence-corrected chi connectivity index (χ2v) is 8.53. The summed E-state index contributed by atoms with van der Waals surface area (Å²) in [4.78, 5) is 14.3. The molecule has 1 aliphatic rings. The maximum absolute atomic E-state index is 13.2. The van der Waals surface area contributed by atoms with Crippen LogP contribution in [0.25, 0.3) is 11.4 Å². The molecule has 0 aliphatic carbocycles. The van der Waals surface area contributed by atoms with Crippen LogP contribution in [0.3, 0.4) is 0 Å². The maximum Gasteiger partial charge on any atom is 0.420 e. The molecule has 12 heteroatoms. The third kappa shape index (κ3) is 4.38. The van der Waals surface area contributed by atoms with E-state index in [0.717, 1.165) is 12.5 Å². The van der Waals surface area contributed by atoms with Crippen molar-refractivity contribution in [1.82, 2.24) is 24.2 Å². The van der Waals surface area contributed by atoms with Gasteiger partial charge in [-0.1, -0.05) is 6.92 Å². The van der Waals surface area contributed by atoms with Gasteiger partial charge in [0.2, 0.25) is 16.0 Å². The van der Waals surface area contributed by atoms with E-state index in [9.17, 15) is 21.6 Å². The van der Waals surface area contributed by atoms with Crippen molar-refractivity contribution in [3.8, 4) is 11.4 Å². The summed E-state index contributed by atoms with van der Waals surface area (Å²) in [6.45, 7) is 2.52. The van der Waals surface area contributed by atoms with E-state index in [1.54, 1.807) is 0 Å². The Morgan fingerprint density at radius 2 is 2.07 bits per heavy atom. The van der Waals surface area contributed by atoms with Crippen molar-refractivity contribution in [3.63, 3.8) is 0 Å². The standard InChI is InChI=1S/C15H19F3N6O2S/c1-9-7-24(27(2,25)26)4-3-11(9)22-14-20-5-10(15(16,17)18)13(23-14)12-6-19-8-21-12/h5-6,8-9,11H,3-4,7H2,1-2H3,(H,19,21)(H,20,22,23)/t9-,11+/m1/s1. The van der Waals surface area contributed by atoms with Crippen molar-refractivity contribution in [2.75, 3.05) is 24.7 Å². The number of anilines is 1. The maximum atomic E-state index is 13.2. The summed E-state index contributed by atoms with van der Waals surface area (Å²) in [5.74, 6) is -0.0149. The van der Waals surface area contributed by atoms with Gasteiger partial charge in [-0.25, -0.2) is 27.7 Å². The second-order valence-electron chi connectivity index (χ2n) is 6.55. The number of aromatic nitrogens is 4. The number of nitrogens with zero attached hydrogens (tertiary/aromatic N) is 4. The molecule has 2 aromatic heterocycles. The first-order valence-corrected chi connectivity index (χ1v) is 10.1. The van der Waals surface area contributed by atoms with Gasteiger partial charge in [0.25, 0.3) is 0 Å². The van der Waals surface area contributed by atoms with Gasteiger partial charge in [-0.2, -0.15) is 13.2 Å². The van der Waals surface area contributed by atoms with Gasteiger partial charge in [-0.05, 0) is 12.3 Å². The first kappa shape index (κ1) is 19.5. The number of H-pyrrole nitrogens is 1. The Morgan fingerprint density at radius 1 is 1.33 bits per heavy atom. The lowest BCUT2D eigenvalue weighted by molar-refractivity contribution is -0.137. The molecule has 0 saturated carbocycles. The summed E-state index contributed by atoms with van der Waals surface area (Å²) < 4.78 is 64.5. The zero-order valence-electron chi connectivity index (χ0n) is 14.7. The molecule has 2 N–H and O–H groups in total. The van der Waals surface area contributed by atoms with Crippen molar-refractivity contribution in [2.24, 2.45) is 5.92 Å². The summed E-state index contributed by atoms with van der Waals surface area (Å²) in [6, 6.07) is -0.160. The SMILES string of the molecule is C[C@@H]1CN(S(C)(=O)=O)CC[C@@H]1Nc1ncc(C(F)(F)F)c(-c2c[nH]cn2)n1. The quantitative estimate of drug-likeness (QED) is 0.808. The van der Waals surface area contributed by atoms with E-state index in [1.807, 2.05) is 6.92 Å². The van der Waals surface area contributed by atoms with E-state index >= 15 is 0 Å². The number of alkyl halides is 3. The molecule has 0 aromatic carbocycles. The van der Waals surface area contributed by atoms with E-state index < -0.39 is 21.8 Å². The highest BCUT2D eigenvalue weighted by Gasteiger charge is 2.36. The molecule has 2 aromatic rings. The number of nitrogens with one attached hydrogen (secondary N) is 2. The molecule has 0 unspecified atom stereocenters. The Bertz CT molecular complexity index is 901. The van der Waals surface area contributed by atoms with Gasteiger partial charge in [0.05, 0.1) is 12.6 Å². The average Bonchev–Trinajstić information content (AvgIpc) is 3.09. The number of sulfonamides is 1. The van der Waals surface area contributed by atoms with Crippen molar-refractivity contribution in [3.05, 3.63) is 24.3 Å². The van der Waals surface area contributed by atoms with Crippen LogP contribution in [0.1, 0.15) is 18.9 Å². The van der Waals surface area contributed by atoms with Crippen LogP contribution in [-0.2, 0) is 16.2 Å². The molecule has 0 amide bonds. The lowest BCUT2D eigenvalue weighted by Gasteiger charge is -2.35. The minimum Gasteiger partial charge on any atom is -0.351 e. The van der Waals surface area contributed by atoms with Gasteiger partial charge >= 0.3 is 6.18 Å².